The summed E-state index contributed by atoms with van der Waals surface area (Å²) in [6.07, 6.45) is 1.81. The Balaban J connectivity index is 2.15. The van der Waals surface area contributed by atoms with Gasteiger partial charge in [-0.2, -0.15) is 0 Å². The molecule has 0 saturated carbocycles. The normalized spacial score (nSPS) is 12.4. The first-order valence-corrected chi connectivity index (χ1v) is 6.92. The lowest BCUT2D eigenvalue weighted by Crippen LogP contribution is -2.14. The molecule has 102 valence electrons. The lowest BCUT2D eigenvalue weighted by atomic mass is 10.1. The molecule has 0 spiro atoms. The average molecular weight is 280 g/mol. The van der Waals surface area contributed by atoms with Crippen LogP contribution in [0.5, 0.6) is 5.75 Å². The van der Waals surface area contributed by atoms with Crippen LogP contribution >= 0.6 is 11.3 Å². The van der Waals surface area contributed by atoms with Crippen LogP contribution in [0.4, 0.5) is 4.39 Å². The van der Waals surface area contributed by atoms with Gasteiger partial charge >= 0.3 is 0 Å². The van der Waals surface area contributed by atoms with Gasteiger partial charge < -0.3 is 10.1 Å². The molecule has 1 aromatic heterocycles. The van der Waals surface area contributed by atoms with E-state index in [1.807, 2.05) is 27.1 Å². The number of halogens is 1. The van der Waals surface area contributed by atoms with Crippen LogP contribution in [0.2, 0.25) is 0 Å². The molecule has 0 aliphatic heterocycles. The van der Waals surface area contributed by atoms with Gasteiger partial charge in [0.2, 0.25) is 0 Å². The number of rotatable bonds is 5. The highest BCUT2D eigenvalue weighted by Gasteiger charge is 2.12. The third-order valence-electron chi connectivity index (χ3n) is 2.91. The fourth-order valence-corrected chi connectivity index (χ4v) is 2.47. The van der Waals surface area contributed by atoms with Crippen molar-refractivity contribution in [3.8, 4) is 5.75 Å². The highest BCUT2D eigenvalue weighted by Crippen LogP contribution is 2.27. The molecule has 3 nitrogen and oxygen atoms in total. The minimum Gasteiger partial charge on any atom is -0.488 e. The second-order valence-electron chi connectivity index (χ2n) is 4.33. The smallest absolute Gasteiger partial charge is 0.124 e. The second-order valence-corrected chi connectivity index (χ2v) is 5.65. The molecular weight excluding hydrogens is 263 g/mol. The molecule has 1 N–H and O–H groups in total. The molecule has 1 unspecified atom stereocenters. The van der Waals surface area contributed by atoms with Gasteiger partial charge in [0.1, 0.15) is 18.2 Å². The van der Waals surface area contributed by atoms with E-state index in [1.54, 1.807) is 17.4 Å². The van der Waals surface area contributed by atoms with Crippen molar-refractivity contribution in [1.82, 2.24) is 10.3 Å². The molecule has 0 aliphatic carbocycles. The van der Waals surface area contributed by atoms with Crippen LogP contribution in [-0.4, -0.2) is 12.0 Å². The van der Waals surface area contributed by atoms with Crippen LogP contribution in [-0.2, 0) is 6.61 Å². The molecule has 0 saturated heterocycles. The van der Waals surface area contributed by atoms with Crippen LogP contribution in [0, 0.1) is 12.7 Å². The van der Waals surface area contributed by atoms with Gasteiger partial charge in [-0.1, -0.05) is 0 Å². The maximum atomic E-state index is 13.3. The summed E-state index contributed by atoms with van der Waals surface area (Å²) in [4.78, 5) is 5.24. The summed E-state index contributed by atoms with van der Waals surface area (Å²) in [7, 11) is 1.84. The molecular formula is C14H17FN2OS. The van der Waals surface area contributed by atoms with E-state index < -0.39 is 0 Å². The van der Waals surface area contributed by atoms with Crippen molar-refractivity contribution in [2.45, 2.75) is 26.5 Å². The molecule has 0 radical (unpaired) electrons. The standard InChI is InChI=1S/C14H17FN2OS/c1-9(16-3)13-6-11(15)4-5-14(13)18-8-12-7-17-10(2)19-12/h4-7,9,16H,8H2,1-3H3. The Kier molecular flexibility index (Phi) is 4.50. The topological polar surface area (TPSA) is 34.1 Å². The van der Waals surface area contributed by atoms with E-state index in [2.05, 4.69) is 10.3 Å². The van der Waals surface area contributed by atoms with E-state index in [0.717, 1.165) is 15.4 Å². The maximum Gasteiger partial charge on any atom is 0.124 e. The number of aromatic nitrogens is 1. The Bertz CT molecular complexity index is 556. The number of hydrogen-bond donors (Lipinski definition) is 1. The molecule has 2 rings (SSSR count). The number of nitrogens with zero attached hydrogens (tertiary/aromatic N) is 1. The van der Waals surface area contributed by atoms with Gasteiger partial charge in [0.05, 0.1) is 9.88 Å². The highest BCUT2D eigenvalue weighted by molar-refractivity contribution is 7.11. The number of thiazole rings is 1. The lowest BCUT2D eigenvalue weighted by molar-refractivity contribution is 0.303. The molecule has 2 aromatic rings. The Morgan fingerprint density at radius 1 is 1.47 bits per heavy atom. The molecule has 0 amide bonds. The number of nitrogens with one attached hydrogen (secondary N) is 1. The second kappa shape index (κ2) is 6.12. The van der Waals surface area contributed by atoms with Gasteiger partial charge in [-0.15, -0.1) is 11.3 Å². The minimum atomic E-state index is -0.252. The van der Waals surface area contributed by atoms with Crippen LogP contribution in [0.1, 0.15) is 28.4 Å². The molecule has 0 aliphatic rings. The maximum absolute atomic E-state index is 13.3. The van der Waals surface area contributed by atoms with E-state index in [-0.39, 0.29) is 11.9 Å². The van der Waals surface area contributed by atoms with E-state index in [9.17, 15) is 4.39 Å². The van der Waals surface area contributed by atoms with Gasteiger partial charge in [-0.3, -0.25) is 0 Å². The summed E-state index contributed by atoms with van der Waals surface area (Å²) in [6, 6.07) is 4.63. The van der Waals surface area contributed by atoms with Crippen LogP contribution < -0.4 is 10.1 Å². The van der Waals surface area contributed by atoms with Gasteiger partial charge in [0.25, 0.3) is 0 Å². The van der Waals surface area contributed by atoms with E-state index in [1.165, 1.54) is 12.1 Å². The monoisotopic (exact) mass is 280 g/mol. The molecule has 0 bridgehead atoms. The highest BCUT2D eigenvalue weighted by atomic mass is 32.1. The Morgan fingerprint density at radius 3 is 2.89 bits per heavy atom. The molecule has 1 heterocycles. The zero-order chi connectivity index (χ0) is 13.8. The summed E-state index contributed by atoms with van der Waals surface area (Å²) >= 11 is 1.60. The Hall–Kier alpha value is -1.46. The van der Waals surface area contributed by atoms with Crippen molar-refractivity contribution < 1.29 is 9.13 Å². The van der Waals surface area contributed by atoms with Crippen LogP contribution in [0.15, 0.2) is 24.4 Å². The molecule has 19 heavy (non-hydrogen) atoms. The van der Waals surface area contributed by atoms with Crippen LogP contribution in [0.3, 0.4) is 0 Å². The Labute approximate surface area is 116 Å². The summed E-state index contributed by atoms with van der Waals surface area (Å²) in [6.45, 7) is 4.39. The predicted molar refractivity (Wildman–Crippen MR) is 75.1 cm³/mol. The van der Waals surface area contributed by atoms with Gasteiger partial charge in [-0.25, -0.2) is 9.37 Å². The first-order chi connectivity index (χ1) is 9.10. The molecule has 1 atom stereocenters. The summed E-state index contributed by atoms with van der Waals surface area (Å²) in [5, 5.41) is 4.11. The zero-order valence-electron chi connectivity index (χ0n) is 11.2. The number of benzene rings is 1. The first-order valence-electron chi connectivity index (χ1n) is 6.11. The first kappa shape index (κ1) is 14.0. The molecule has 1 aromatic carbocycles. The van der Waals surface area contributed by atoms with Gasteiger partial charge in [0, 0.05) is 17.8 Å². The zero-order valence-corrected chi connectivity index (χ0v) is 12.1. The van der Waals surface area contributed by atoms with Crippen molar-refractivity contribution >= 4 is 11.3 Å². The van der Waals surface area contributed by atoms with Gasteiger partial charge in [-0.05, 0) is 39.1 Å². The van der Waals surface area contributed by atoms with Crippen molar-refractivity contribution in [1.29, 1.82) is 0 Å². The Morgan fingerprint density at radius 2 is 2.26 bits per heavy atom. The minimum absolute atomic E-state index is 0.0360. The number of ether oxygens (including phenoxy) is 1. The SMILES string of the molecule is CNC(C)c1cc(F)ccc1OCc1cnc(C)s1. The largest absolute Gasteiger partial charge is 0.488 e. The summed E-state index contributed by atoms with van der Waals surface area (Å²) in [5.74, 6) is 0.451. The van der Waals surface area contributed by atoms with Crippen molar-refractivity contribution in [3.63, 3.8) is 0 Å². The van der Waals surface area contributed by atoms with Crippen LogP contribution in [0.25, 0.3) is 0 Å². The fourth-order valence-electron chi connectivity index (χ4n) is 1.77. The summed E-state index contributed by atoms with van der Waals surface area (Å²) < 4.78 is 19.1. The van der Waals surface area contributed by atoms with Crippen molar-refractivity contribution in [3.05, 3.63) is 45.7 Å². The predicted octanol–water partition coefficient (Wildman–Crippen LogP) is 3.45. The lowest BCUT2D eigenvalue weighted by Gasteiger charge is -2.16. The van der Waals surface area contributed by atoms with E-state index in [0.29, 0.717) is 12.4 Å². The van der Waals surface area contributed by atoms with E-state index >= 15 is 0 Å². The molecule has 0 fully saturated rings. The summed E-state index contributed by atoms with van der Waals surface area (Å²) in [5.41, 5.74) is 0.823. The number of aryl methyl sites for hydroxylation is 1. The third-order valence-corrected chi connectivity index (χ3v) is 3.80. The van der Waals surface area contributed by atoms with Crippen molar-refractivity contribution in [2.75, 3.05) is 7.05 Å². The average Bonchev–Trinajstić information content (AvgIpc) is 2.82. The quantitative estimate of drug-likeness (QED) is 0.911. The third kappa shape index (κ3) is 3.52. The van der Waals surface area contributed by atoms with Gasteiger partial charge in [0.15, 0.2) is 0 Å². The van der Waals surface area contributed by atoms with E-state index in [4.69, 9.17) is 4.74 Å². The van der Waals surface area contributed by atoms with Crippen molar-refractivity contribution in [2.24, 2.45) is 0 Å². The fraction of sp³-hybridized carbons (Fsp3) is 0.357. The molecule has 5 heteroatoms. The number of hydrogen-bond acceptors (Lipinski definition) is 4.